The number of thioether (sulfide) groups is 1. The summed E-state index contributed by atoms with van der Waals surface area (Å²) in [6.45, 7) is 6.05. The zero-order valence-corrected chi connectivity index (χ0v) is 10.3. The van der Waals surface area contributed by atoms with Gasteiger partial charge in [-0.2, -0.15) is 11.8 Å². The normalized spacial score (nSPS) is 29.0. The van der Waals surface area contributed by atoms with Crippen LogP contribution in [0.2, 0.25) is 0 Å². The molecule has 0 aliphatic heterocycles. The Morgan fingerprint density at radius 3 is 2.93 bits per heavy atom. The van der Waals surface area contributed by atoms with Crippen molar-refractivity contribution in [1.82, 2.24) is 5.32 Å². The van der Waals surface area contributed by atoms with Crippen LogP contribution in [0.25, 0.3) is 0 Å². The van der Waals surface area contributed by atoms with Gasteiger partial charge in [0.25, 0.3) is 0 Å². The Kier molecular flexibility index (Phi) is 5.64. The van der Waals surface area contributed by atoms with E-state index in [0.717, 1.165) is 17.7 Å². The van der Waals surface area contributed by atoms with E-state index in [0.29, 0.717) is 6.04 Å². The maximum absolute atomic E-state index is 3.76. The molecule has 0 aromatic heterocycles. The number of hydrogen-bond acceptors (Lipinski definition) is 2. The van der Waals surface area contributed by atoms with Crippen molar-refractivity contribution in [2.75, 3.05) is 6.26 Å². The number of rotatable bonds is 6. The average Bonchev–Trinajstić information content (AvgIpc) is 2.62. The Morgan fingerprint density at radius 2 is 2.36 bits per heavy atom. The third-order valence-corrected chi connectivity index (χ3v) is 4.14. The van der Waals surface area contributed by atoms with Gasteiger partial charge in [0, 0.05) is 17.3 Å². The highest BCUT2D eigenvalue weighted by molar-refractivity contribution is 7.99. The van der Waals surface area contributed by atoms with Crippen LogP contribution in [-0.2, 0) is 0 Å². The standard InChI is InChI=1S/C12H23NS/c1-4-5-6-10(2)13-11-7-8-12(9-11)14-3/h4,10-13H,1,5-9H2,2-3H3. The fraction of sp³-hybridized carbons (Fsp3) is 0.833. The molecule has 0 amide bonds. The lowest BCUT2D eigenvalue weighted by Gasteiger charge is -2.18. The summed E-state index contributed by atoms with van der Waals surface area (Å²) >= 11 is 2.02. The summed E-state index contributed by atoms with van der Waals surface area (Å²) in [7, 11) is 0. The smallest absolute Gasteiger partial charge is 0.00804 e. The predicted octanol–water partition coefficient (Wildman–Crippen LogP) is 3.21. The molecule has 0 saturated heterocycles. The van der Waals surface area contributed by atoms with E-state index in [-0.39, 0.29) is 0 Å². The van der Waals surface area contributed by atoms with Crippen molar-refractivity contribution < 1.29 is 0 Å². The molecule has 3 unspecified atom stereocenters. The first-order valence-corrected chi connectivity index (χ1v) is 6.94. The van der Waals surface area contributed by atoms with Crippen LogP contribution < -0.4 is 5.32 Å². The predicted molar refractivity (Wildman–Crippen MR) is 67.0 cm³/mol. The van der Waals surface area contributed by atoms with Gasteiger partial charge in [0.05, 0.1) is 0 Å². The maximum atomic E-state index is 3.76. The number of hydrogen-bond donors (Lipinski definition) is 1. The zero-order valence-electron chi connectivity index (χ0n) is 9.46. The summed E-state index contributed by atoms with van der Waals surface area (Å²) in [6.07, 6.45) is 10.7. The molecule has 0 spiro atoms. The largest absolute Gasteiger partial charge is 0.311 e. The molecule has 0 aromatic carbocycles. The molecule has 1 aliphatic carbocycles. The number of allylic oxidation sites excluding steroid dienone is 1. The van der Waals surface area contributed by atoms with Gasteiger partial charge in [-0.3, -0.25) is 0 Å². The molecule has 0 radical (unpaired) electrons. The minimum atomic E-state index is 0.651. The van der Waals surface area contributed by atoms with E-state index in [1.165, 1.54) is 25.7 Å². The fourth-order valence-corrected chi connectivity index (χ4v) is 2.96. The molecule has 1 fully saturated rings. The van der Waals surface area contributed by atoms with Crippen LogP contribution in [0.1, 0.15) is 39.0 Å². The average molecular weight is 213 g/mol. The van der Waals surface area contributed by atoms with E-state index in [1.54, 1.807) is 0 Å². The summed E-state index contributed by atoms with van der Waals surface area (Å²) in [5.41, 5.74) is 0. The summed E-state index contributed by atoms with van der Waals surface area (Å²) in [5, 5.41) is 4.62. The Bertz CT molecular complexity index is 170. The molecule has 14 heavy (non-hydrogen) atoms. The second-order valence-electron chi connectivity index (χ2n) is 4.30. The highest BCUT2D eigenvalue weighted by atomic mass is 32.2. The van der Waals surface area contributed by atoms with Gasteiger partial charge in [-0.15, -0.1) is 6.58 Å². The van der Waals surface area contributed by atoms with E-state index in [1.807, 2.05) is 17.8 Å². The first kappa shape index (κ1) is 12.1. The Labute approximate surface area is 92.7 Å². The number of nitrogens with one attached hydrogen (secondary N) is 1. The highest BCUT2D eigenvalue weighted by Crippen LogP contribution is 2.28. The van der Waals surface area contributed by atoms with E-state index in [9.17, 15) is 0 Å². The third-order valence-electron chi connectivity index (χ3n) is 3.04. The molecule has 0 heterocycles. The van der Waals surface area contributed by atoms with Crippen LogP contribution in [0.15, 0.2) is 12.7 Å². The minimum Gasteiger partial charge on any atom is -0.311 e. The molecule has 3 atom stereocenters. The van der Waals surface area contributed by atoms with Gasteiger partial charge in [-0.1, -0.05) is 6.08 Å². The minimum absolute atomic E-state index is 0.651. The molecular formula is C12H23NS. The van der Waals surface area contributed by atoms with Gasteiger partial charge in [0.1, 0.15) is 0 Å². The van der Waals surface area contributed by atoms with Crippen LogP contribution in [0.3, 0.4) is 0 Å². The molecule has 1 rings (SSSR count). The van der Waals surface area contributed by atoms with Gasteiger partial charge in [-0.05, 0) is 45.3 Å². The summed E-state index contributed by atoms with van der Waals surface area (Å²) in [4.78, 5) is 0. The van der Waals surface area contributed by atoms with Crippen LogP contribution in [0.5, 0.6) is 0 Å². The molecular weight excluding hydrogens is 190 g/mol. The topological polar surface area (TPSA) is 12.0 Å². The Balaban J connectivity index is 2.14. The fourth-order valence-electron chi connectivity index (χ4n) is 2.16. The molecule has 2 heteroatoms. The second-order valence-corrected chi connectivity index (χ2v) is 5.44. The van der Waals surface area contributed by atoms with Crippen molar-refractivity contribution in [2.24, 2.45) is 0 Å². The van der Waals surface area contributed by atoms with Crippen LogP contribution >= 0.6 is 11.8 Å². The summed E-state index contributed by atoms with van der Waals surface area (Å²) < 4.78 is 0. The van der Waals surface area contributed by atoms with Crippen LogP contribution in [-0.4, -0.2) is 23.6 Å². The van der Waals surface area contributed by atoms with Crippen LogP contribution in [0, 0.1) is 0 Å². The van der Waals surface area contributed by atoms with Gasteiger partial charge >= 0.3 is 0 Å². The quantitative estimate of drug-likeness (QED) is 0.680. The first-order valence-electron chi connectivity index (χ1n) is 5.66. The van der Waals surface area contributed by atoms with E-state index < -0.39 is 0 Å². The molecule has 1 aliphatic rings. The van der Waals surface area contributed by atoms with Crippen molar-refractivity contribution in [3.8, 4) is 0 Å². The van der Waals surface area contributed by atoms with Crippen LogP contribution in [0.4, 0.5) is 0 Å². The van der Waals surface area contributed by atoms with Crippen molar-refractivity contribution in [3.05, 3.63) is 12.7 Å². The molecule has 0 aromatic rings. The van der Waals surface area contributed by atoms with Crippen molar-refractivity contribution in [3.63, 3.8) is 0 Å². The highest BCUT2D eigenvalue weighted by Gasteiger charge is 2.24. The molecule has 1 nitrogen and oxygen atoms in total. The van der Waals surface area contributed by atoms with Crippen molar-refractivity contribution in [2.45, 2.75) is 56.4 Å². The molecule has 0 bridgehead atoms. The van der Waals surface area contributed by atoms with Gasteiger partial charge in [0.2, 0.25) is 0 Å². The molecule has 1 N–H and O–H groups in total. The maximum Gasteiger partial charge on any atom is 0.00804 e. The Morgan fingerprint density at radius 1 is 1.57 bits per heavy atom. The third kappa shape index (κ3) is 4.05. The van der Waals surface area contributed by atoms with Gasteiger partial charge < -0.3 is 5.32 Å². The zero-order chi connectivity index (χ0) is 10.4. The molecule has 1 saturated carbocycles. The van der Waals surface area contributed by atoms with Gasteiger partial charge in [-0.25, -0.2) is 0 Å². The Hall–Kier alpha value is 0.0500. The SMILES string of the molecule is C=CCCC(C)NC1CCC(SC)C1. The van der Waals surface area contributed by atoms with Gasteiger partial charge in [0.15, 0.2) is 0 Å². The summed E-state index contributed by atoms with van der Waals surface area (Å²) in [5.74, 6) is 0. The second kappa shape index (κ2) is 6.52. The summed E-state index contributed by atoms with van der Waals surface area (Å²) in [6, 6.07) is 1.42. The first-order chi connectivity index (χ1) is 6.76. The van der Waals surface area contributed by atoms with E-state index in [4.69, 9.17) is 0 Å². The molecule has 82 valence electrons. The monoisotopic (exact) mass is 213 g/mol. The van der Waals surface area contributed by atoms with Crippen molar-refractivity contribution in [1.29, 1.82) is 0 Å². The lowest BCUT2D eigenvalue weighted by Crippen LogP contribution is -2.34. The van der Waals surface area contributed by atoms with E-state index in [2.05, 4.69) is 25.1 Å². The lowest BCUT2D eigenvalue weighted by molar-refractivity contribution is 0.434. The van der Waals surface area contributed by atoms with E-state index >= 15 is 0 Å². The lowest BCUT2D eigenvalue weighted by atomic mass is 10.1. The van der Waals surface area contributed by atoms with Crippen molar-refractivity contribution >= 4 is 11.8 Å².